The van der Waals surface area contributed by atoms with E-state index in [4.69, 9.17) is 0 Å². The highest BCUT2D eigenvalue weighted by atomic mass is 32.1. The molecule has 0 aliphatic carbocycles. The Balaban J connectivity index is 2.04. The highest BCUT2D eigenvalue weighted by Gasteiger charge is 2.12. The molecule has 0 aliphatic rings. The standard InChI is InChI=1S/C11H15N3OS/c1-3-14-6-9(5-12-14)4-11(15)10-7-16-8(2)13-10/h5-7,11,15H,3-4H2,1-2H3. The summed E-state index contributed by atoms with van der Waals surface area (Å²) in [6.07, 6.45) is 3.80. The fourth-order valence-corrected chi connectivity index (χ4v) is 2.20. The molecule has 86 valence electrons. The van der Waals surface area contributed by atoms with Crippen LogP contribution in [-0.2, 0) is 13.0 Å². The second kappa shape index (κ2) is 4.76. The fourth-order valence-electron chi connectivity index (χ4n) is 1.55. The minimum atomic E-state index is -0.528. The number of aliphatic hydroxyl groups is 1. The Bertz CT molecular complexity index is 463. The average Bonchev–Trinajstić information content (AvgIpc) is 2.87. The molecular weight excluding hydrogens is 222 g/mol. The molecular formula is C11H15N3OS. The van der Waals surface area contributed by atoms with Crippen molar-refractivity contribution in [3.63, 3.8) is 0 Å². The Kier molecular flexibility index (Phi) is 3.36. The molecule has 2 heterocycles. The number of aliphatic hydroxyl groups excluding tert-OH is 1. The van der Waals surface area contributed by atoms with Crippen LogP contribution >= 0.6 is 11.3 Å². The summed E-state index contributed by atoms with van der Waals surface area (Å²) in [4.78, 5) is 4.28. The van der Waals surface area contributed by atoms with E-state index in [1.54, 1.807) is 17.5 Å². The molecule has 0 spiro atoms. The van der Waals surface area contributed by atoms with Gasteiger partial charge in [-0.15, -0.1) is 11.3 Å². The Hall–Kier alpha value is -1.20. The molecule has 0 saturated heterocycles. The first-order valence-electron chi connectivity index (χ1n) is 5.30. The first-order valence-corrected chi connectivity index (χ1v) is 6.18. The van der Waals surface area contributed by atoms with E-state index < -0.39 is 6.10 Å². The van der Waals surface area contributed by atoms with Gasteiger partial charge in [-0.2, -0.15) is 5.10 Å². The molecule has 0 radical (unpaired) electrons. The van der Waals surface area contributed by atoms with Crippen molar-refractivity contribution in [2.24, 2.45) is 0 Å². The third-order valence-electron chi connectivity index (χ3n) is 2.42. The number of aryl methyl sites for hydroxylation is 2. The largest absolute Gasteiger partial charge is 0.386 e. The maximum absolute atomic E-state index is 9.98. The molecule has 0 bridgehead atoms. The molecule has 1 unspecified atom stereocenters. The zero-order valence-electron chi connectivity index (χ0n) is 9.42. The Morgan fingerprint density at radius 3 is 2.94 bits per heavy atom. The predicted octanol–water partition coefficient (Wildman–Crippen LogP) is 1.94. The Morgan fingerprint density at radius 2 is 2.38 bits per heavy atom. The van der Waals surface area contributed by atoms with Crippen LogP contribution in [0.1, 0.15) is 29.3 Å². The smallest absolute Gasteiger partial charge is 0.101 e. The van der Waals surface area contributed by atoms with Gasteiger partial charge in [0.25, 0.3) is 0 Å². The van der Waals surface area contributed by atoms with E-state index in [1.807, 2.05) is 30.1 Å². The third-order valence-corrected chi connectivity index (χ3v) is 3.21. The first kappa shape index (κ1) is 11.3. The quantitative estimate of drug-likeness (QED) is 0.884. The van der Waals surface area contributed by atoms with E-state index in [9.17, 15) is 5.11 Å². The molecule has 2 aromatic heterocycles. The van der Waals surface area contributed by atoms with Crippen LogP contribution in [-0.4, -0.2) is 19.9 Å². The molecule has 16 heavy (non-hydrogen) atoms. The van der Waals surface area contributed by atoms with Gasteiger partial charge in [-0.05, 0) is 19.4 Å². The first-order chi connectivity index (χ1) is 7.69. The zero-order valence-corrected chi connectivity index (χ0v) is 10.2. The van der Waals surface area contributed by atoms with E-state index in [-0.39, 0.29) is 0 Å². The summed E-state index contributed by atoms with van der Waals surface area (Å²) in [5.74, 6) is 0. The molecule has 0 aromatic carbocycles. The van der Waals surface area contributed by atoms with E-state index in [0.717, 1.165) is 22.8 Å². The fraction of sp³-hybridized carbons (Fsp3) is 0.455. The van der Waals surface area contributed by atoms with Crippen molar-refractivity contribution in [2.45, 2.75) is 32.9 Å². The molecule has 0 fully saturated rings. The molecule has 2 rings (SSSR count). The number of hydrogen-bond acceptors (Lipinski definition) is 4. The minimum Gasteiger partial charge on any atom is -0.386 e. The summed E-state index contributed by atoms with van der Waals surface area (Å²) in [5.41, 5.74) is 1.80. The summed E-state index contributed by atoms with van der Waals surface area (Å²) >= 11 is 1.56. The van der Waals surface area contributed by atoms with Crippen LogP contribution in [0.2, 0.25) is 0 Å². The van der Waals surface area contributed by atoms with Crippen LogP contribution in [0.5, 0.6) is 0 Å². The highest BCUT2D eigenvalue weighted by molar-refractivity contribution is 7.09. The van der Waals surface area contributed by atoms with Crippen LogP contribution in [0, 0.1) is 6.92 Å². The number of nitrogens with zero attached hydrogens (tertiary/aromatic N) is 3. The van der Waals surface area contributed by atoms with Gasteiger partial charge in [-0.25, -0.2) is 4.98 Å². The van der Waals surface area contributed by atoms with E-state index in [1.165, 1.54) is 0 Å². The van der Waals surface area contributed by atoms with Gasteiger partial charge >= 0.3 is 0 Å². The van der Waals surface area contributed by atoms with Crippen molar-refractivity contribution in [3.05, 3.63) is 34.0 Å². The number of hydrogen-bond donors (Lipinski definition) is 1. The van der Waals surface area contributed by atoms with Crippen molar-refractivity contribution in [2.75, 3.05) is 0 Å². The summed E-state index contributed by atoms with van der Waals surface area (Å²) < 4.78 is 1.86. The zero-order chi connectivity index (χ0) is 11.5. The lowest BCUT2D eigenvalue weighted by Gasteiger charge is -2.05. The van der Waals surface area contributed by atoms with Crippen molar-refractivity contribution in [1.29, 1.82) is 0 Å². The summed E-state index contributed by atoms with van der Waals surface area (Å²) in [5, 5.41) is 17.0. The van der Waals surface area contributed by atoms with Crippen LogP contribution in [0.15, 0.2) is 17.8 Å². The van der Waals surface area contributed by atoms with Gasteiger partial charge in [0, 0.05) is 24.5 Å². The van der Waals surface area contributed by atoms with Gasteiger partial charge in [0.15, 0.2) is 0 Å². The van der Waals surface area contributed by atoms with Crippen molar-refractivity contribution >= 4 is 11.3 Å². The normalized spacial score (nSPS) is 12.9. The van der Waals surface area contributed by atoms with Crippen molar-refractivity contribution < 1.29 is 5.11 Å². The lowest BCUT2D eigenvalue weighted by molar-refractivity contribution is 0.174. The van der Waals surface area contributed by atoms with Gasteiger partial charge in [0.05, 0.1) is 16.9 Å². The summed E-state index contributed by atoms with van der Waals surface area (Å²) in [7, 11) is 0. The maximum Gasteiger partial charge on any atom is 0.101 e. The molecule has 4 nitrogen and oxygen atoms in total. The van der Waals surface area contributed by atoms with Crippen molar-refractivity contribution in [1.82, 2.24) is 14.8 Å². The Labute approximate surface area is 98.6 Å². The molecule has 0 aliphatic heterocycles. The minimum absolute atomic E-state index is 0.528. The van der Waals surface area contributed by atoms with Gasteiger partial charge < -0.3 is 5.11 Å². The van der Waals surface area contributed by atoms with Crippen LogP contribution in [0.3, 0.4) is 0 Å². The molecule has 0 amide bonds. The van der Waals surface area contributed by atoms with Gasteiger partial charge in [0.2, 0.25) is 0 Å². The van der Waals surface area contributed by atoms with E-state index >= 15 is 0 Å². The number of rotatable bonds is 4. The molecule has 0 saturated carbocycles. The lowest BCUT2D eigenvalue weighted by Crippen LogP contribution is -2.01. The second-order valence-electron chi connectivity index (χ2n) is 3.72. The highest BCUT2D eigenvalue weighted by Crippen LogP contribution is 2.19. The van der Waals surface area contributed by atoms with Gasteiger partial charge in [-0.1, -0.05) is 0 Å². The maximum atomic E-state index is 9.98. The average molecular weight is 237 g/mol. The van der Waals surface area contributed by atoms with Crippen LogP contribution in [0.4, 0.5) is 0 Å². The SMILES string of the molecule is CCn1cc(CC(O)c2csc(C)n2)cn1. The van der Waals surface area contributed by atoms with E-state index in [2.05, 4.69) is 10.1 Å². The number of aromatic nitrogens is 3. The van der Waals surface area contributed by atoms with Crippen LogP contribution < -0.4 is 0 Å². The van der Waals surface area contributed by atoms with Gasteiger partial charge in [0.1, 0.15) is 6.10 Å². The monoisotopic (exact) mass is 237 g/mol. The summed E-state index contributed by atoms with van der Waals surface area (Å²) in [6.45, 7) is 4.83. The van der Waals surface area contributed by atoms with Crippen LogP contribution in [0.25, 0.3) is 0 Å². The predicted molar refractivity (Wildman–Crippen MR) is 63.4 cm³/mol. The Morgan fingerprint density at radius 1 is 1.56 bits per heavy atom. The topological polar surface area (TPSA) is 50.9 Å². The lowest BCUT2D eigenvalue weighted by atomic mass is 10.1. The molecule has 1 N–H and O–H groups in total. The summed E-state index contributed by atoms with van der Waals surface area (Å²) in [6, 6.07) is 0. The second-order valence-corrected chi connectivity index (χ2v) is 4.78. The van der Waals surface area contributed by atoms with Gasteiger partial charge in [-0.3, -0.25) is 4.68 Å². The van der Waals surface area contributed by atoms with Crippen molar-refractivity contribution in [3.8, 4) is 0 Å². The molecule has 2 aromatic rings. The number of thiazole rings is 1. The third kappa shape index (κ3) is 2.48. The molecule has 1 atom stereocenters. The van der Waals surface area contributed by atoms with E-state index in [0.29, 0.717) is 6.42 Å². The molecule has 5 heteroatoms.